The van der Waals surface area contributed by atoms with Crippen LogP contribution in [-0.4, -0.2) is 12.0 Å². The van der Waals surface area contributed by atoms with Crippen molar-refractivity contribution in [2.75, 3.05) is 7.04 Å². The number of rotatable bonds is 1. The Bertz CT molecular complexity index is 267. The van der Waals surface area contributed by atoms with Crippen LogP contribution in [0.2, 0.25) is 0 Å². The minimum Gasteiger partial charge on any atom is -0.473 e. The molecule has 0 amide bonds. The zero-order valence-corrected chi connectivity index (χ0v) is 8.01. The summed E-state index contributed by atoms with van der Waals surface area (Å²) < 4.78 is 26.2. The first kappa shape index (κ1) is 4.31. The molecule has 0 aliphatic carbocycles. The Balaban J connectivity index is 2.77. The van der Waals surface area contributed by atoms with E-state index >= 15 is 0 Å². The van der Waals surface area contributed by atoms with Gasteiger partial charge in [-0.25, -0.2) is 0 Å². The van der Waals surface area contributed by atoms with Crippen LogP contribution in [0.3, 0.4) is 0 Å². The molecule has 50 valence electrons. The van der Waals surface area contributed by atoms with Crippen LogP contribution in [0, 0.1) is 0 Å². The van der Waals surface area contributed by atoms with E-state index in [1.807, 2.05) is 0 Å². The van der Waals surface area contributed by atoms with E-state index in [-0.39, 0.29) is 5.19 Å². The highest BCUT2D eigenvalue weighted by Gasteiger charge is 2.04. The summed E-state index contributed by atoms with van der Waals surface area (Å²) in [6.45, 7) is 0. The van der Waals surface area contributed by atoms with Crippen LogP contribution in [0.5, 0.6) is 5.19 Å². The van der Waals surface area contributed by atoms with E-state index in [0.29, 0.717) is 8.39 Å². The maximum absolute atomic E-state index is 6.80. The summed E-state index contributed by atoms with van der Waals surface area (Å²) in [5.41, 5.74) is 0. The molecular formula is C4H3Br2NOS. The molecule has 0 radical (unpaired) electrons. The van der Waals surface area contributed by atoms with E-state index in [2.05, 4.69) is 41.6 Å². The molecule has 2 nitrogen and oxygen atoms in total. The molecule has 0 saturated carbocycles. The highest BCUT2D eigenvalue weighted by molar-refractivity contribution is 9.13. The van der Waals surface area contributed by atoms with Crippen molar-refractivity contribution in [1.82, 2.24) is 4.98 Å². The number of hydrogen-bond donors (Lipinski definition) is 0. The molecule has 0 saturated heterocycles. The summed E-state index contributed by atoms with van der Waals surface area (Å²) in [7, 11) is -2.43. The Labute approximate surface area is 77.7 Å². The van der Waals surface area contributed by atoms with Crippen LogP contribution in [0.25, 0.3) is 0 Å². The second-order valence-corrected chi connectivity index (χ2v) is 4.18. The van der Waals surface area contributed by atoms with Gasteiger partial charge in [-0.1, -0.05) is 11.3 Å². The number of aromatic nitrogens is 1. The molecule has 0 bridgehead atoms. The molecule has 9 heavy (non-hydrogen) atoms. The maximum Gasteiger partial charge on any atom is 0.275 e. The molecule has 0 unspecified atom stereocenters. The summed E-state index contributed by atoms with van der Waals surface area (Å²) >= 11 is 7.40. The Kier molecular flexibility index (Phi) is 1.43. The molecule has 0 aliphatic heterocycles. The molecule has 5 heteroatoms. The van der Waals surface area contributed by atoms with Crippen LogP contribution < -0.4 is 4.74 Å². The molecule has 0 fully saturated rings. The summed E-state index contributed by atoms with van der Waals surface area (Å²) in [6, 6.07) is 0. The molecule has 0 aliphatic rings. The van der Waals surface area contributed by atoms with Crippen LogP contribution in [0.4, 0.5) is 0 Å². The third-order valence-corrected chi connectivity index (χ3v) is 3.57. The van der Waals surface area contributed by atoms with Crippen LogP contribution in [0.15, 0.2) is 8.39 Å². The SMILES string of the molecule is [2H]C([2H])([2H])Oc1nc(Br)c(Br)s1. The smallest absolute Gasteiger partial charge is 0.275 e. The zero-order valence-electron chi connectivity index (χ0n) is 7.02. The molecule has 0 atom stereocenters. The van der Waals surface area contributed by atoms with Crippen LogP contribution >= 0.6 is 43.2 Å². The van der Waals surface area contributed by atoms with Gasteiger partial charge in [0.25, 0.3) is 5.19 Å². The second kappa shape index (κ2) is 2.98. The first-order valence-corrected chi connectivity index (χ1v) is 4.29. The average molecular weight is 276 g/mol. The van der Waals surface area contributed by atoms with Gasteiger partial charge in [-0.2, -0.15) is 4.98 Å². The van der Waals surface area contributed by atoms with Crippen molar-refractivity contribution in [3.63, 3.8) is 0 Å². The average Bonchev–Trinajstić information content (AvgIpc) is 2.07. The standard InChI is InChI=1S/C4H3Br2NOS/c1-8-4-7-2(5)3(6)9-4/h1H3/i1D3. The lowest BCUT2D eigenvalue weighted by Gasteiger charge is -1.84. The fraction of sp³-hybridized carbons (Fsp3) is 0.250. The summed E-state index contributed by atoms with van der Waals surface area (Å²) in [5, 5.41) is 0.119. The van der Waals surface area contributed by atoms with Gasteiger partial charge in [0.05, 0.1) is 11.2 Å². The highest BCUT2D eigenvalue weighted by atomic mass is 79.9. The van der Waals surface area contributed by atoms with E-state index in [0.717, 1.165) is 11.3 Å². The number of hydrogen-bond acceptors (Lipinski definition) is 3. The molecule has 1 rings (SSSR count). The quantitative estimate of drug-likeness (QED) is 0.786. The maximum atomic E-state index is 6.80. The minimum absolute atomic E-state index is 0.119. The zero-order chi connectivity index (χ0) is 9.35. The fourth-order valence-electron chi connectivity index (χ4n) is 0.309. The number of ether oxygens (including phenoxy) is 1. The molecule has 0 aromatic carbocycles. The van der Waals surface area contributed by atoms with Crippen molar-refractivity contribution in [2.45, 2.75) is 0 Å². The number of methoxy groups -OCH3 is 1. The second-order valence-electron chi connectivity index (χ2n) is 1.15. The predicted octanol–water partition coefficient (Wildman–Crippen LogP) is 2.68. The Morgan fingerprint density at radius 3 is 3.00 bits per heavy atom. The number of nitrogens with zero attached hydrogens (tertiary/aromatic N) is 1. The summed E-state index contributed by atoms with van der Waals surface area (Å²) in [5.74, 6) is 0. The van der Waals surface area contributed by atoms with Gasteiger partial charge < -0.3 is 4.74 Å². The Morgan fingerprint density at radius 1 is 1.78 bits per heavy atom. The predicted molar refractivity (Wildman–Crippen MR) is 44.1 cm³/mol. The normalized spacial score (nSPS) is 16.0. The fourth-order valence-corrected chi connectivity index (χ4v) is 1.80. The van der Waals surface area contributed by atoms with Gasteiger partial charge in [-0.3, -0.25) is 0 Å². The van der Waals surface area contributed by atoms with Crippen molar-refractivity contribution in [3.8, 4) is 5.19 Å². The van der Waals surface area contributed by atoms with Gasteiger partial charge in [-0.05, 0) is 31.9 Å². The molecule has 1 heterocycles. The van der Waals surface area contributed by atoms with Gasteiger partial charge in [0, 0.05) is 0 Å². The van der Waals surface area contributed by atoms with Gasteiger partial charge >= 0.3 is 0 Å². The molecule has 0 spiro atoms. The van der Waals surface area contributed by atoms with Gasteiger partial charge in [0.2, 0.25) is 0 Å². The van der Waals surface area contributed by atoms with E-state index in [9.17, 15) is 0 Å². The summed E-state index contributed by atoms with van der Waals surface area (Å²) in [6.07, 6.45) is 0. The third-order valence-electron chi connectivity index (χ3n) is 0.616. The van der Waals surface area contributed by atoms with Crippen molar-refractivity contribution < 1.29 is 8.85 Å². The molecule has 0 N–H and O–H groups in total. The topological polar surface area (TPSA) is 22.1 Å². The minimum atomic E-state index is -2.43. The first-order valence-electron chi connectivity index (χ1n) is 3.39. The Hall–Kier alpha value is 0.390. The lowest BCUT2D eigenvalue weighted by Crippen LogP contribution is -1.77. The van der Waals surface area contributed by atoms with Gasteiger partial charge in [0.15, 0.2) is 0 Å². The lowest BCUT2D eigenvalue weighted by molar-refractivity contribution is 0.411. The first-order chi connectivity index (χ1) is 5.38. The number of thiazole rings is 1. The van der Waals surface area contributed by atoms with E-state index in [1.54, 1.807) is 0 Å². The summed E-state index contributed by atoms with van der Waals surface area (Å²) in [4.78, 5) is 3.80. The monoisotopic (exact) mass is 274 g/mol. The van der Waals surface area contributed by atoms with Crippen molar-refractivity contribution in [1.29, 1.82) is 0 Å². The van der Waals surface area contributed by atoms with Crippen molar-refractivity contribution in [3.05, 3.63) is 8.39 Å². The van der Waals surface area contributed by atoms with Crippen LogP contribution in [-0.2, 0) is 0 Å². The lowest BCUT2D eigenvalue weighted by atomic mass is 11.0. The van der Waals surface area contributed by atoms with E-state index in [1.165, 1.54) is 0 Å². The molecular weight excluding hydrogens is 270 g/mol. The molecule has 1 aromatic heterocycles. The number of halogens is 2. The highest BCUT2D eigenvalue weighted by Crippen LogP contribution is 2.32. The van der Waals surface area contributed by atoms with Gasteiger partial charge in [-0.15, -0.1) is 0 Å². The molecule has 1 aromatic rings. The Morgan fingerprint density at radius 2 is 2.56 bits per heavy atom. The van der Waals surface area contributed by atoms with Gasteiger partial charge in [0.1, 0.15) is 8.39 Å². The third kappa shape index (κ3) is 1.65. The van der Waals surface area contributed by atoms with E-state index < -0.39 is 7.04 Å². The largest absolute Gasteiger partial charge is 0.473 e. The van der Waals surface area contributed by atoms with Crippen LogP contribution in [0.1, 0.15) is 4.11 Å². The van der Waals surface area contributed by atoms with Crippen molar-refractivity contribution >= 4 is 43.2 Å². The van der Waals surface area contributed by atoms with Crippen molar-refractivity contribution in [2.24, 2.45) is 0 Å². The van der Waals surface area contributed by atoms with E-state index in [4.69, 9.17) is 4.11 Å².